The molecule has 1 aliphatic carbocycles. The van der Waals surface area contributed by atoms with Crippen molar-refractivity contribution in [3.63, 3.8) is 0 Å². The molecule has 4 heteroatoms. The summed E-state index contributed by atoms with van der Waals surface area (Å²) < 4.78 is 14.0. The summed E-state index contributed by atoms with van der Waals surface area (Å²) in [6.45, 7) is 0. The van der Waals surface area contributed by atoms with E-state index in [1.807, 2.05) is 18.2 Å². The molecule has 2 atom stereocenters. The summed E-state index contributed by atoms with van der Waals surface area (Å²) in [5.74, 6) is -0.296. The van der Waals surface area contributed by atoms with Gasteiger partial charge in [0.05, 0.1) is 6.04 Å². The number of carbonyl (C=O) groups is 1. The van der Waals surface area contributed by atoms with Crippen LogP contribution in [-0.2, 0) is 4.79 Å². The third-order valence-corrected chi connectivity index (χ3v) is 3.43. The zero-order chi connectivity index (χ0) is 12.5. The van der Waals surface area contributed by atoms with Gasteiger partial charge in [-0.2, -0.15) is 0 Å². The van der Waals surface area contributed by atoms with E-state index in [0.717, 1.165) is 11.1 Å². The first kappa shape index (κ1) is 11.1. The van der Waals surface area contributed by atoms with Gasteiger partial charge in [-0.15, -0.1) is 0 Å². The number of amides is 1. The van der Waals surface area contributed by atoms with Crippen LogP contribution in [0.15, 0.2) is 42.5 Å². The summed E-state index contributed by atoms with van der Waals surface area (Å²) in [5.41, 5.74) is 1.75. The van der Waals surface area contributed by atoms with Crippen molar-refractivity contribution in [1.29, 1.82) is 0 Å². The normalized spacial score (nSPS) is 26.8. The van der Waals surface area contributed by atoms with E-state index in [9.17, 15) is 9.18 Å². The molecule has 2 heterocycles. The number of piperidine rings is 1. The van der Waals surface area contributed by atoms with Crippen LogP contribution in [-0.4, -0.2) is 16.9 Å². The van der Waals surface area contributed by atoms with Crippen molar-refractivity contribution in [1.82, 2.24) is 10.3 Å². The van der Waals surface area contributed by atoms with E-state index < -0.39 is 6.04 Å². The van der Waals surface area contributed by atoms with E-state index in [0.29, 0.717) is 12.8 Å². The molecule has 1 fully saturated rings. The van der Waals surface area contributed by atoms with Crippen molar-refractivity contribution >= 4 is 11.5 Å². The van der Waals surface area contributed by atoms with Gasteiger partial charge in [-0.3, -0.25) is 9.78 Å². The summed E-state index contributed by atoms with van der Waals surface area (Å²) in [7, 11) is 0. The summed E-state index contributed by atoms with van der Waals surface area (Å²) in [6.07, 6.45) is 8.09. The van der Waals surface area contributed by atoms with Gasteiger partial charge in [-0.1, -0.05) is 12.1 Å². The van der Waals surface area contributed by atoms with Crippen LogP contribution in [0.4, 0.5) is 4.39 Å². The summed E-state index contributed by atoms with van der Waals surface area (Å²) in [6, 6.07) is 3.26. The molecule has 2 aliphatic rings. The lowest BCUT2D eigenvalue weighted by atomic mass is 9.83. The Balaban J connectivity index is 1.93. The van der Waals surface area contributed by atoms with Crippen molar-refractivity contribution in [2.24, 2.45) is 5.92 Å². The SMILES string of the molecule is O=C1CCC2C=C(c3cccnc3)C=C(F)C2N1. The highest BCUT2D eigenvalue weighted by atomic mass is 19.1. The molecule has 1 aromatic rings. The van der Waals surface area contributed by atoms with Gasteiger partial charge in [-0.25, -0.2) is 4.39 Å². The summed E-state index contributed by atoms with van der Waals surface area (Å²) in [4.78, 5) is 15.3. The van der Waals surface area contributed by atoms with Crippen LogP contribution >= 0.6 is 0 Å². The second-order valence-corrected chi connectivity index (χ2v) is 4.64. The zero-order valence-corrected chi connectivity index (χ0v) is 9.77. The monoisotopic (exact) mass is 244 g/mol. The first-order valence-corrected chi connectivity index (χ1v) is 6.03. The average Bonchev–Trinajstić information content (AvgIpc) is 2.40. The van der Waals surface area contributed by atoms with Crippen LogP contribution in [0.3, 0.4) is 0 Å². The second-order valence-electron chi connectivity index (χ2n) is 4.64. The molecule has 0 aromatic carbocycles. The number of rotatable bonds is 1. The van der Waals surface area contributed by atoms with Gasteiger partial charge in [0.1, 0.15) is 5.83 Å². The van der Waals surface area contributed by atoms with Gasteiger partial charge in [0, 0.05) is 24.7 Å². The highest BCUT2D eigenvalue weighted by Crippen LogP contribution is 2.33. The van der Waals surface area contributed by atoms with Crippen molar-refractivity contribution in [3.8, 4) is 0 Å². The van der Waals surface area contributed by atoms with Crippen LogP contribution in [0.5, 0.6) is 0 Å². The number of allylic oxidation sites excluding steroid dienone is 2. The number of halogens is 1. The molecule has 1 aliphatic heterocycles. The fraction of sp³-hybridized carbons (Fsp3) is 0.286. The molecule has 3 rings (SSSR count). The maximum Gasteiger partial charge on any atom is 0.220 e. The maximum atomic E-state index is 14.0. The smallest absolute Gasteiger partial charge is 0.220 e. The largest absolute Gasteiger partial charge is 0.346 e. The Kier molecular flexibility index (Phi) is 2.70. The van der Waals surface area contributed by atoms with Gasteiger partial charge in [-0.05, 0) is 29.7 Å². The average molecular weight is 244 g/mol. The lowest BCUT2D eigenvalue weighted by Crippen LogP contribution is -2.45. The van der Waals surface area contributed by atoms with E-state index in [1.54, 1.807) is 12.4 Å². The predicted molar refractivity (Wildman–Crippen MR) is 66.1 cm³/mol. The standard InChI is InChI=1S/C14H13FN2O/c15-12-7-11(10-2-1-5-16-8-10)6-9-3-4-13(18)17-14(9)12/h1-2,5-9,14H,3-4H2,(H,17,18). The van der Waals surface area contributed by atoms with E-state index >= 15 is 0 Å². The van der Waals surface area contributed by atoms with Crippen molar-refractivity contribution in [2.75, 3.05) is 0 Å². The van der Waals surface area contributed by atoms with Crippen molar-refractivity contribution < 1.29 is 9.18 Å². The van der Waals surface area contributed by atoms with Gasteiger partial charge in [0.25, 0.3) is 0 Å². The minimum absolute atomic E-state index is 0.0444. The Morgan fingerprint density at radius 1 is 1.44 bits per heavy atom. The fourth-order valence-electron chi connectivity index (χ4n) is 2.50. The van der Waals surface area contributed by atoms with E-state index in [1.165, 1.54) is 6.08 Å². The molecule has 3 nitrogen and oxygen atoms in total. The van der Waals surface area contributed by atoms with E-state index in [-0.39, 0.29) is 17.7 Å². The lowest BCUT2D eigenvalue weighted by molar-refractivity contribution is -0.123. The molecule has 1 amide bonds. The van der Waals surface area contributed by atoms with Gasteiger partial charge < -0.3 is 5.32 Å². The molecule has 18 heavy (non-hydrogen) atoms. The first-order valence-electron chi connectivity index (χ1n) is 6.03. The minimum atomic E-state index is -0.480. The third-order valence-electron chi connectivity index (χ3n) is 3.43. The molecule has 0 bridgehead atoms. The highest BCUT2D eigenvalue weighted by molar-refractivity contribution is 5.80. The van der Waals surface area contributed by atoms with Crippen LogP contribution in [0.2, 0.25) is 0 Å². The van der Waals surface area contributed by atoms with Gasteiger partial charge >= 0.3 is 0 Å². The van der Waals surface area contributed by atoms with Crippen molar-refractivity contribution in [3.05, 3.63) is 48.1 Å². The Morgan fingerprint density at radius 2 is 2.33 bits per heavy atom. The molecule has 1 aromatic heterocycles. The van der Waals surface area contributed by atoms with E-state index in [4.69, 9.17) is 0 Å². The Bertz CT molecular complexity index is 536. The van der Waals surface area contributed by atoms with Crippen molar-refractivity contribution in [2.45, 2.75) is 18.9 Å². The number of hydrogen-bond donors (Lipinski definition) is 1. The number of aromatic nitrogens is 1. The van der Waals surface area contributed by atoms with Crippen LogP contribution in [0.1, 0.15) is 18.4 Å². The molecular weight excluding hydrogens is 231 g/mol. The molecule has 0 spiro atoms. The first-order chi connectivity index (χ1) is 8.74. The Hall–Kier alpha value is -1.97. The number of pyridine rings is 1. The minimum Gasteiger partial charge on any atom is -0.346 e. The van der Waals surface area contributed by atoms with Crippen LogP contribution < -0.4 is 5.32 Å². The molecule has 0 saturated carbocycles. The topological polar surface area (TPSA) is 42.0 Å². The quantitative estimate of drug-likeness (QED) is 0.823. The lowest BCUT2D eigenvalue weighted by Gasteiger charge is -2.32. The fourth-order valence-corrected chi connectivity index (χ4v) is 2.50. The van der Waals surface area contributed by atoms with Crippen LogP contribution in [0, 0.1) is 5.92 Å². The number of nitrogens with zero attached hydrogens (tertiary/aromatic N) is 1. The molecule has 92 valence electrons. The Morgan fingerprint density at radius 3 is 3.11 bits per heavy atom. The number of fused-ring (bicyclic) bond motifs is 1. The predicted octanol–water partition coefficient (Wildman–Crippen LogP) is 2.23. The maximum absolute atomic E-state index is 14.0. The molecule has 1 saturated heterocycles. The summed E-state index contributed by atoms with van der Waals surface area (Å²) in [5, 5.41) is 2.70. The number of hydrogen-bond acceptors (Lipinski definition) is 2. The second kappa shape index (κ2) is 4.37. The zero-order valence-electron chi connectivity index (χ0n) is 9.77. The molecule has 0 radical (unpaired) electrons. The van der Waals surface area contributed by atoms with E-state index in [2.05, 4.69) is 10.3 Å². The van der Waals surface area contributed by atoms with Crippen LogP contribution in [0.25, 0.3) is 5.57 Å². The third kappa shape index (κ3) is 1.94. The highest BCUT2D eigenvalue weighted by Gasteiger charge is 2.33. The number of nitrogens with one attached hydrogen (secondary N) is 1. The summed E-state index contributed by atoms with van der Waals surface area (Å²) >= 11 is 0. The van der Waals surface area contributed by atoms with Gasteiger partial charge in [0.15, 0.2) is 0 Å². The Labute approximate surface area is 104 Å². The molecule has 2 unspecified atom stereocenters. The molecular formula is C14H13FN2O. The van der Waals surface area contributed by atoms with Gasteiger partial charge in [0.2, 0.25) is 5.91 Å². The number of carbonyl (C=O) groups excluding carboxylic acids is 1. The molecule has 1 N–H and O–H groups in total.